The highest BCUT2D eigenvalue weighted by atomic mass is 16.1. The maximum atomic E-state index is 12.7. The highest BCUT2D eigenvalue weighted by Gasteiger charge is 2.09. The van der Waals surface area contributed by atoms with Gasteiger partial charge in [-0.2, -0.15) is 5.26 Å². The Kier molecular flexibility index (Phi) is 6.19. The third-order valence-electron chi connectivity index (χ3n) is 5.49. The third kappa shape index (κ3) is 5.11. The van der Waals surface area contributed by atoms with Crippen LogP contribution in [0, 0.1) is 18.3 Å². The zero-order chi connectivity index (χ0) is 24.9. The molecular formula is C28H21N7O. The van der Waals surface area contributed by atoms with Crippen molar-refractivity contribution in [3.63, 3.8) is 0 Å². The molecule has 5 rings (SSSR count). The van der Waals surface area contributed by atoms with Crippen molar-refractivity contribution in [1.82, 2.24) is 15.0 Å². The summed E-state index contributed by atoms with van der Waals surface area (Å²) in [7, 11) is 0. The first-order chi connectivity index (χ1) is 17.6. The van der Waals surface area contributed by atoms with Crippen molar-refractivity contribution < 1.29 is 4.79 Å². The molecule has 0 aliphatic carbocycles. The number of rotatable bonds is 6. The molecule has 0 spiro atoms. The average Bonchev–Trinajstić information content (AvgIpc) is 2.90. The molecule has 0 saturated carbocycles. The Hall–Kier alpha value is -5.29. The minimum atomic E-state index is -0.257. The van der Waals surface area contributed by atoms with Crippen LogP contribution in [0.2, 0.25) is 0 Å². The van der Waals surface area contributed by atoms with Gasteiger partial charge in [0.05, 0.1) is 29.0 Å². The van der Waals surface area contributed by atoms with E-state index in [-0.39, 0.29) is 5.91 Å². The molecule has 0 unspecified atom stereocenters. The van der Waals surface area contributed by atoms with Gasteiger partial charge in [0.25, 0.3) is 5.91 Å². The van der Waals surface area contributed by atoms with E-state index in [1.807, 2.05) is 49.4 Å². The molecule has 0 saturated heterocycles. The van der Waals surface area contributed by atoms with Crippen LogP contribution in [0.1, 0.15) is 21.6 Å². The van der Waals surface area contributed by atoms with E-state index in [0.29, 0.717) is 16.9 Å². The van der Waals surface area contributed by atoms with Crippen LogP contribution in [0.3, 0.4) is 0 Å². The zero-order valence-corrected chi connectivity index (χ0v) is 19.4. The molecule has 174 valence electrons. The summed E-state index contributed by atoms with van der Waals surface area (Å²) in [6.07, 6.45) is 5.11. The fourth-order valence-corrected chi connectivity index (χ4v) is 3.71. The number of benzene rings is 2. The standard InChI is InChI=1S/C28H21N7O/c1-18-14-22(10-12-30-18)33-23-7-9-27(32-17-23)35-28(36)20-3-5-21(6-4-20)34-26-11-13-31-25-8-2-19(16-29)15-24(25)26/h2-15,17H,1H3,(H,30,33)(H,31,34)(H,32,35,36). The summed E-state index contributed by atoms with van der Waals surface area (Å²) in [4.78, 5) is 25.6. The Balaban J connectivity index is 1.24. The van der Waals surface area contributed by atoms with E-state index in [1.165, 1.54) is 0 Å². The fraction of sp³-hybridized carbons (Fsp3) is 0.0357. The van der Waals surface area contributed by atoms with E-state index >= 15 is 0 Å². The number of nitriles is 1. The molecule has 0 bridgehead atoms. The highest BCUT2D eigenvalue weighted by Crippen LogP contribution is 2.26. The van der Waals surface area contributed by atoms with E-state index < -0.39 is 0 Å². The van der Waals surface area contributed by atoms with E-state index in [0.717, 1.165) is 39.3 Å². The highest BCUT2D eigenvalue weighted by molar-refractivity contribution is 6.04. The predicted octanol–water partition coefficient (Wildman–Crippen LogP) is 5.94. The van der Waals surface area contributed by atoms with Gasteiger partial charge in [0.2, 0.25) is 0 Å². The van der Waals surface area contributed by atoms with Crippen LogP contribution in [-0.4, -0.2) is 20.9 Å². The molecule has 1 amide bonds. The van der Waals surface area contributed by atoms with Crippen LogP contribution >= 0.6 is 0 Å². The number of carbonyl (C=O) groups excluding carboxylic acids is 1. The topological polar surface area (TPSA) is 116 Å². The normalized spacial score (nSPS) is 10.4. The Morgan fingerprint density at radius 3 is 2.36 bits per heavy atom. The second kappa shape index (κ2) is 9.91. The molecule has 3 N–H and O–H groups in total. The van der Waals surface area contributed by atoms with Crippen LogP contribution < -0.4 is 16.0 Å². The number of pyridine rings is 3. The van der Waals surface area contributed by atoms with E-state index in [2.05, 4.69) is 37.0 Å². The number of anilines is 5. The number of hydrogen-bond donors (Lipinski definition) is 3. The molecule has 8 heteroatoms. The van der Waals surface area contributed by atoms with E-state index in [1.54, 1.807) is 48.9 Å². The average molecular weight is 472 g/mol. The van der Waals surface area contributed by atoms with Crippen molar-refractivity contribution in [1.29, 1.82) is 5.26 Å². The van der Waals surface area contributed by atoms with Crippen molar-refractivity contribution in [2.75, 3.05) is 16.0 Å². The fourth-order valence-electron chi connectivity index (χ4n) is 3.71. The molecule has 0 radical (unpaired) electrons. The summed E-state index contributed by atoms with van der Waals surface area (Å²) < 4.78 is 0. The molecule has 5 aromatic rings. The Bertz CT molecular complexity index is 1590. The molecule has 0 aliphatic rings. The Morgan fingerprint density at radius 2 is 1.61 bits per heavy atom. The van der Waals surface area contributed by atoms with Crippen LogP contribution in [0.15, 0.2) is 91.4 Å². The number of amides is 1. The number of nitrogens with one attached hydrogen (secondary N) is 3. The van der Waals surface area contributed by atoms with Crippen LogP contribution in [0.5, 0.6) is 0 Å². The van der Waals surface area contributed by atoms with E-state index in [4.69, 9.17) is 0 Å². The lowest BCUT2D eigenvalue weighted by Crippen LogP contribution is -2.12. The molecule has 3 heterocycles. The van der Waals surface area contributed by atoms with Crippen molar-refractivity contribution in [3.05, 3.63) is 108 Å². The minimum Gasteiger partial charge on any atom is -0.355 e. The van der Waals surface area contributed by atoms with Crippen molar-refractivity contribution in [3.8, 4) is 6.07 Å². The number of carbonyl (C=O) groups is 1. The van der Waals surface area contributed by atoms with Crippen LogP contribution in [0.25, 0.3) is 10.9 Å². The van der Waals surface area contributed by atoms with Crippen LogP contribution in [0.4, 0.5) is 28.6 Å². The molecule has 0 atom stereocenters. The van der Waals surface area contributed by atoms with Gasteiger partial charge in [-0.05, 0) is 79.7 Å². The summed E-state index contributed by atoms with van der Waals surface area (Å²) in [5, 5.41) is 19.5. The summed E-state index contributed by atoms with van der Waals surface area (Å²) in [5.41, 5.74) is 6.13. The first kappa shape index (κ1) is 22.5. The van der Waals surface area contributed by atoms with Crippen LogP contribution in [-0.2, 0) is 0 Å². The van der Waals surface area contributed by atoms with Crippen molar-refractivity contribution in [2.24, 2.45) is 0 Å². The molecule has 8 nitrogen and oxygen atoms in total. The number of fused-ring (bicyclic) bond motifs is 1. The molecule has 3 aromatic heterocycles. The van der Waals surface area contributed by atoms with Gasteiger partial charge < -0.3 is 16.0 Å². The second-order valence-electron chi connectivity index (χ2n) is 8.10. The Labute approximate surface area is 207 Å². The van der Waals surface area contributed by atoms with E-state index in [9.17, 15) is 10.1 Å². The quantitative estimate of drug-likeness (QED) is 0.280. The summed E-state index contributed by atoms with van der Waals surface area (Å²) in [5.74, 6) is 0.197. The van der Waals surface area contributed by atoms with Gasteiger partial charge in [-0.25, -0.2) is 4.98 Å². The number of aromatic nitrogens is 3. The monoisotopic (exact) mass is 471 g/mol. The summed E-state index contributed by atoms with van der Waals surface area (Å²) in [6.45, 7) is 1.93. The van der Waals surface area contributed by atoms with Gasteiger partial charge in [0, 0.05) is 46.1 Å². The Morgan fingerprint density at radius 1 is 0.806 bits per heavy atom. The molecule has 2 aromatic carbocycles. The maximum Gasteiger partial charge on any atom is 0.256 e. The van der Waals surface area contributed by atoms with Gasteiger partial charge in [0.15, 0.2) is 0 Å². The molecule has 0 fully saturated rings. The van der Waals surface area contributed by atoms with Gasteiger partial charge in [-0.1, -0.05) is 0 Å². The first-order valence-electron chi connectivity index (χ1n) is 11.2. The summed E-state index contributed by atoms with van der Waals surface area (Å²) in [6, 6.07) is 23.9. The SMILES string of the molecule is Cc1cc(Nc2ccc(NC(=O)c3ccc(Nc4ccnc5ccc(C#N)cc45)cc3)nc2)ccn1. The smallest absolute Gasteiger partial charge is 0.256 e. The largest absolute Gasteiger partial charge is 0.355 e. The van der Waals surface area contributed by atoms with Crippen molar-refractivity contribution in [2.45, 2.75) is 6.92 Å². The minimum absolute atomic E-state index is 0.257. The van der Waals surface area contributed by atoms with Gasteiger partial charge >= 0.3 is 0 Å². The van der Waals surface area contributed by atoms with Gasteiger partial charge in [-0.3, -0.25) is 14.8 Å². The lowest BCUT2D eigenvalue weighted by Gasteiger charge is -2.11. The van der Waals surface area contributed by atoms with Crippen molar-refractivity contribution >= 4 is 45.4 Å². The second-order valence-corrected chi connectivity index (χ2v) is 8.10. The molecule has 36 heavy (non-hydrogen) atoms. The predicted molar refractivity (Wildman–Crippen MR) is 141 cm³/mol. The molecule has 0 aliphatic heterocycles. The van der Waals surface area contributed by atoms with Gasteiger partial charge in [0.1, 0.15) is 5.82 Å². The number of aryl methyl sites for hydroxylation is 1. The lowest BCUT2D eigenvalue weighted by atomic mass is 10.1. The summed E-state index contributed by atoms with van der Waals surface area (Å²) >= 11 is 0. The zero-order valence-electron chi connectivity index (χ0n) is 19.4. The lowest BCUT2D eigenvalue weighted by molar-refractivity contribution is 0.102. The molecular weight excluding hydrogens is 450 g/mol. The third-order valence-corrected chi connectivity index (χ3v) is 5.49. The number of hydrogen-bond acceptors (Lipinski definition) is 7. The maximum absolute atomic E-state index is 12.7. The first-order valence-corrected chi connectivity index (χ1v) is 11.2. The number of nitrogens with zero attached hydrogens (tertiary/aromatic N) is 4. The van der Waals surface area contributed by atoms with Gasteiger partial charge in [-0.15, -0.1) is 0 Å².